The lowest BCUT2D eigenvalue weighted by atomic mass is 9.68. The number of nitrogen functional groups attached to an aromatic ring is 1. The van der Waals surface area contributed by atoms with Crippen molar-refractivity contribution in [3.05, 3.63) is 124 Å². The van der Waals surface area contributed by atoms with Gasteiger partial charge < -0.3 is 21.5 Å². The zero-order valence-electron chi connectivity index (χ0n) is 21.8. The van der Waals surface area contributed by atoms with Gasteiger partial charge in [-0.2, -0.15) is 0 Å². The van der Waals surface area contributed by atoms with E-state index in [1.807, 2.05) is 60.7 Å². The molecule has 0 unspecified atom stereocenters. The molecule has 196 valence electrons. The fourth-order valence-corrected chi connectivity index (χ4v) is 5.51. The maximum Gasteiger partial charge on any atom is 0.336 e. The number of amidine groups is 1. The Hall–Kier alpha value is -4.91. The number of carbonyl (C=O) groups is 2. The zero-order valence-corrected chi connectivity index (χ0v) is 21.8. The van der Waals surface area contributed by atoms with E-state index in [0.29, 0.717) is 16.7 Å². The lowest BCUT2D eigenvalue weighted by molar-refractivity contribution is 0.0697. The summed E-state index contributed by atoms with van der Waals surface area (Å²) in [4.78, 5) is 24.2. The number of anilines is 1. The van der Waals surface area contributed by atoms with Gasteiger partial charge in [0.15, 0.2) is 0 Å². The highest BCUT2D eigenvalue weighted by molar-refractivity contribution is 6.01. The summed E-state index contributed by atoms with van der Waals surface area (Å²) in [6.07, 6.45) is 0.732. The maximum atomic E-state index is 12.1. The number of nitrogens with two attached hydrogens (primary N) is 1. The molecule has 2 atom stereocenters. The van der Waals surface area contributed by atoms with Crippen molar-refractivity contribution < 1.29 is 14.7 Å². The van der Waals surface area contributed by atoms with Gasteiger partial charge in [-0.1, -0.05) is 61.5 Å². The van der Waals surface area contributed by atoms with E-state index in [1.54, 1.807) is 12.1 Å². The van der Waals surface area contributed by atoms with E-state index in [-0.39, 0.29) is 28.8 Å². The summed E-state index contributed by atoms with van der Waals surface area (Å²) in [5, 5.41) is 24.1. The first kappa shape index (κ1) is 25.7. The highest BCUT2D eigenvalue weighted by atomic mass is 16.4. The van der Waals surface area contributed by atoms with Crippen molar-refractivity contribution >= 4 is 23.4 Å². The van der Waals surface area contributed by atoms with Crippen LogP contribution in [0.2, 0.25) is 0 Å². The third-order valence-corrected chi connectivity index (χ3v) is 7.62. The van der Waals surface area contributed by atoms with Gasteiger partial charge in [-0.25, -0.2) is 4.79 Å². The number of carboxylic acid groups (broad SMARTS) is 1. The number of nitrogens with one attached hydrogen (secondary N) is 3. The molecule has 4 aromatic carbocycles. The molecule has 1 heterocycles. The average Bonchev–Trinajstić information content (AvgIpc) is 2.96. The van der Waals surface area contributed by atoms with Crippen LogP contribution in [0.15, 0.2) is 91.0 Å². The molecule has 0 aliphatic carbocycles. The molecule has 5 rings (SSSR count). The molecule has 1 amide bonds. The largest absolute Gasteiger partial charge is 0.478 e. The topological polar surface area (TPSA) is 128 Å². The first-order chi connectivity index (χ1) is 18.7. The Kier molecular flexibility index (Phi) is 6.66. The number of carboxylic acids is 1. The molecule has 0 saturated heterocycles. The molecule has 1 aliphatic heterocycles. The third kappa shape index (κ3) is 4.75. The Bertz CT molecular complexity index is 1600. The van der Waals surface area contributed by atoms with E-state index in [0.717, 1.165) is 34.4 Å². The number of hydrogen-bond acceptors (Lipinski definition) is 4. The van der Waals surface area contributed by atoms with Gasteiger partial charge in [-0.3, -0.25) is 10.2 Å². The van der Waals surface area contributed by atoms with Crippen molar-refractivity contribution in [3.8, 4) is 11.1 Å². The van der Waals surface area contributed by atoms with Crippen molar-refractivity contribution in [2.24, 2.45) is 5.73 Å². The molecule has 0 saturated carbocycles. The monoisotopic (exact) mass is 518 g/mol. The minimum Gasteiger partial charge on any atom is -0.478 e. The number of rotatable bonds is 6. The molecule has 7 heteroatoms. The second kappa shape index (κ2) is 10.1. The van der Waals surface area contributed by atoms with Crippen LogP contribution in [0.4, 0.5) is 5.69 Å². The molecule has 39 heavy (non-hydrogen) atoms. The van der Waals surface area contributed by atoms with E-state index >= 15 is 0 Å². The maximum absolute atomic E-state index is 12.1. The van der Waals surface area contributed by atoms with E-state index in [9.17, 15) is 14.7 Å². The normalized spacial score (nSPS) is 17.9. The number of hydrogen-bond donors (Lipinski definition) is 5. The quantitative estimate of drug-likeness (QED) is 0.169. The van der Waals surface area contributed by atoms with Crippen LogP contribution < -0.4 is 16.4 Å². The van der Waals surface area contributed by atoms with Crippen LogP contribution in [-0.4, -0.2) is 29.9 Å². The molecule has 6 N–H and O–H groups in total. The summed E-state index contributed by atoms with van der Waals surface area (Å²) in [5.41, 5.74) is 12.0. The van der Waals surface area contributed by atoms with Gasteiger partial charge >= 0.3 is 5.97 Å². The fourth-order valence-electron chi connectivity index (χ4n) is 5.51. The Balaban J connectivity index is 1.59. The van der Waals surface area contributed by atoms with Crippen molar-refractivity contribution in [1.82, 2.24) is 5.32 Å². The summed E-state index contributed by atoms with van der Waals surface area (Å²) < 4.78 is 0. The van der Waals surface area contributed by atoms with Crippen LogP contribution in [0.1, 0.15) is 62.4 Å². The molecule has 0 aromatic heterocycles. The highest BCUT2D eigenvalue weighted by Gasteiger charge is 2.39. The van der Waals surface area contributed by atoms with Crippen LogP contribution in [0.25, 0.3) is 11.1 Å². The van der Waals surface area contributed by atoms with Crippen LogP contribution >= 0.6 is 0 Å². The summed E-state index contributed by atoms with van der Waals surface area (Å²) in [6, 6.07) is 28.7. The van der Waals surface area contributed by atoms with E-state index < -0.39 is 5.97 Å². The Morgan fingerprint density at radius 2 is 1.72 bits per heavy atom. The van der Waals surface area contributed by atoms with E-state index in [4.69, 9.17) is 11.1 Å². The molecule has 7 nitrogen and oxygen atoms in total. The van der Waals surface area contributed by atoms with Gasteiger partial charge in [-0.15, -0.1) is 0 Å². The first-order valence-corrected chi connectivity index (χ1v) is 12.7. The van der Waals surface area contributed by atoms with Crippen molar-refractivity contribution in [1.29, 1.82) is 5.41 Å². The van der Waals surface area contributed by atoms with Crippen molar-refractivity contribution in [2.45, 2.75) is 24.8 Å². The standard InChI is InChI=1S/C32H30N4O3/c1-32(23-9-4-3-5-10-23)18-28(36-27-14-12-21(29(33)34)17-26(27)32)20-8-6-7-19(15-20)24-13-11-22(30(37)35-2)16-25(24)31(38)39/h3-17,28,36H,18H2,1-2H3,(H3,33,34)(H,35,37)(H,38,39)/t28-,32+/m0/s1. The first-order valence-electron chi connectivity index (χ1n) is 12.7. The van der Waals surface area contributed by atoms with E-state index in [2.05, 4.69) is 29.7 Å². The van der Waals surface area contributed by atoms with Crippen LogP contribution in [-0.2, 0) is 5.41 Å². The third-order valence-electron chi connectivity index (χ3n) is 7.62. The number of aromatic carboxylic acids is 1. The Labute approximate surface area is 227 Å². The van der Waals surface area contributed by atoms with Crippen molar-refractivity contribution in [2.75, 3.05) is 12.4 Å². The van der Waals surface area contributed by atoms with E-state index in [1.165, 1.54) is 13.1 Å². The molecular formula is C32H30N4O3. The average molecular weight is 519 g/mol. The minimum atomic E-state index is -1.09. The number of amides is 1. The molecule has 0 spiro atoms. The predicted molar refractivity (Wildman–Crippen MR) is 154 cm³/mol. The smallest absolute Gasteiger partial charge is 0.336 e. The van der Waals surface area contributed by atoms with Gasteiger partial charge in [0.05, 0.1) is 11.6 Å². The molecule has 0 radical (unpaired) electrons. The SMILES string of the molecule is CNC(=O)c1ccc(-c2cccc([C@@H]3C[C@](C)(c4ccccc4)c4cc(C(=N)N)ccc4N3)c2)c(C(=O)O)c1. The molecule has 0 fully saturated rings. The lowest BCUT2D eigenvalue weighted by Crippen LogP contribution is -2.35. The predicted octanol–water partition coefficient (Wildman–Crippen LogP) is 5.56. The van der Waals surface area contributed by atoms with Crippen LogP contribution in [0.3, 0.4) is 0 Å². The molecule has 1 aliphatic rings. The van der Waals surface area contributed by atoms with Gasteiger partial charge in [0, 0.05) is 29.3 Å². The number of benzene rings is 4. The molecule has 4 aromatic rings. The Morgan fingerprint density at radius 3 is 2.41 bits per heavy atom. The molecular weight excluding hydrogens is 488 g/mol. The number of fused-ring (bicyclic) bond motifs is 1. The molecule has 0 bridgehead atoms. The minimum absolute atomic E-state index is 0.0275. The summed E-state index contributed by atoms with van der Waals surface area (Å²) in [6.45, 7) is 2.21. The van der Waals surface area contributed by atoms with Crippen molar-refractivity contribution in [3.63, 3.8) is 0 Å². The fraction of sp³-hybridized carbons (Fsp3) is 0.156. The lowest BCUT2D eigenvalue weighted by Gasteiger charge is -2.42. The van der Waals surface area contributed by atoms with Gasteiger partial charge in [0.2, 0.25) is 0 Å². The second-order valence-corrected chi connectivity index (χ2v) is 10.0. The summed E-state index contributed by atoms with van der Waals surface area (Å²) in [7, 11) is 1.51. The van der Waals surface area contributed by atoms with Crippen LogP contribution in [0, 0.1) is 5.41 Å². The van der Waals surface area contributed by atoms with Gasteiger partial charge in [-0.05, 0) is 70.6 Å². The van der Waals surface area contributed by atoms with Gasteiger partial charge in [0.1, 0.15) is 5.84 Å². The summed E-state index contributed by atoms with van der Waals surface area (Å²) >= 11 is 0. The Morgan fingerprint density at radius 1 is 0.974 bits per heavy atom. The summed E-state index contributed by atoms with van der Waals surface area (Å²) in [5.74, 6) is -1.40. The second-order valence-electron chi connectivity index (χ2n) is 10.0. The zero-order chi connectivity index (χ0) is 27.7. The van der Waals surface area contributed by atoms with Gasteiger partial charge in [0.25, 0.3) is 5.91 Å². The number of carbonyl (C=O) groups excluding carboxylic acids is 1. The highest BCUT2D eigenvalue weighted by Crippen LogP contribution is 2.48. The van der Waals surface area contributed by atoms with Crippen LogP contribution in [0.5, 0.6) is 0 Å².